The Bertz CT molecular complexity index is 444. The molecule has 10 heteroatoms. The zero-order chi connectivity index (χ0) is 14.8. The molecule has 0 bridgehead atoms. The first kappa shape index (κ1) is 17.5. The third kappa shape index (κ3) is 5.76. The van der Waals surface area contributed by atoms with E-state index in [1.807, 2.05) is 14.1 Å². The summed E-state index contributed by atoms with van der Waals surface area (Å²) in [5, 5.41) is 0. The Morgan fingerprint density at radius 1 is 0.842 bits per heavy atom. The van der Waals surface area contributed by atoms with Crippen LogP contribution in [0, 0.1) is 0 Å². The number of aromatic nitrogens is 3. The Labute approximate surface area is 140 Å². The van der Waals surface area contributed by atoms with Gasteiger partial charge in [0.1, 0.15) is 0 Å². The number of nitrogens with one attached hydrogen (secondary N) is 1. The van der Waals surface area contributed by atoms with Gasteiger partial charge in [0.15, 0.2) is 17.5 Å². The van der Waals surface area contributed by atoms with Gasteiger partial charge in [-0.2, -0.15) is 0 Å². The highest BCUT2D eigenvalue weighted by Crippen LogP contribution is 2.39. The van der Waals surface area contributed by atoms with Crippen molar-refractivity contribution in [2.45, 2.75) is 7.59 Å². The molecular formula is C9H9Cl6N4+. The summed E-state index contributed by atoms with van der Waals surface area (Å²) in [6, 6.07) is 0. The van der Waals surface area contributed by atoms with Crippen LogP contribution in [-0.2, 0) is 7.59 Å². The van der Waals surface area contributed by atoms with Crippen LogP contribution in [0.4, 0.5) is 0 Å². The van der Waals surface area contributed by atoms with Crippen molar-refractivity contribution in [3.63, 3.8) is 0 Å². The van der Waals surface area contributed by atoms with Gasteiger partial charge < -0.3 is 4.90 Å². The lowest BCUT2D eigenvalue weighted by molar-refractivity contribution is -0.800. The minimum absolute atomic E-state index is 0.109. The molecule has 106 valence electrons. The summed E-state index contributed by atoms with van der Waals surface area (Å²) in [7, 11) is 3.81. The molecule has 0 aliphatic heterocycles. The van der Waals surface area contributed by atoms with Gasteiger partial charge >= 0.3 is 0 Å². The van der Waals surface area contributed by atoms with Gasteiger partial charge in [0, 0.05) is 6.08 Å². The van der Waals surface area contributed by atoms with E-state index in [4.69, 9.17) is 69.6 Å². The monoisotopic (exact) mass is 383 g/mol. The van der Waals surface area contributed by atoms with Crippen LogP contribution >= 0.6 is 69.6 Å². The van der Waals surface area contributed by atoms with Crippen LogP contribution in [0.25, 0.3) is 6.08 Å². The van der Waals surface area contributed by atoms with E-state index in [1.54, 1.807) is 12.3 Å². The molecule has 0 saturated carbocycles. The quantitative estimate of drug-likeness (QED) is 0.796. The van der Waals surface area contributed by atoms with E-state index in [2.05, 4.69) is 15.0 Å². The zero-order valence-electron chi connectivity index (χ0n) is 9.76. The average Bonchev–Trinajstić information content (AvgIpc) is 2.23. The molecule has 0 fully saturated rings. The summed E-state index contributed by atoms with van der Waals surface area (Å²) >= 11 is 34.4. The molecule has 1 N–H and O–H groups in total. The molecular weight excluding hydrogens is 377 g/mol. The van der Waals surface area contributed by atoms with Gasteiger partial charge in [-0.1, -0.05) is 69.6 Å². The molecule has 0 saturated heterocycles. The molecule has 0 aliphatic rings. The summed E-state index contributed by atoms with van der Waals surface area (Å²) < 4.78 is -3.66. The van der Waals surface area contributed by atoms with Crippen LogP contribution in [0.2, 0.25) is 0 Å². The molecule has 0 radical (unpaired) electrons. The van der Waals surface area contributed by atoms with E-state index < -0.39 is 7.59 Å². The Morgan fingerprint density at radius 2 is 1.26 bits per heavy atom. The average molecular weight is 386 g/mol. The summed E-state index contributed by atoms with van der Waals surface area (Å²) in [5.74, 6) is 0.0170. The second kappa shape index (κ2) is 6.48. The number of alkyl halides is 6. The topological polar surface area (TPSA) is 43.1 Å². The SMILES string of the molecule is C[NH+](C)/C=C/c1nc(C(Cl)(Cl)Cl)nc(C(Cl)(Cl)Cl)n1. The molecule has 0 aliphatic carbocycles. The number of quaternary nitrogens is 1. The largest absolute Gasteiger partial charge is 0.313 e. The summed E-state index contributed by atoms with van der Waals surface area (Å²) in [6.45, 7) is 0. The zero-order valence-corrected chi connectivity index (χ0v) is 14.3. The summed E-state index contributed by atoms with van der Waals surface area (Å²) in [4.78, 5) is 12.9. The van der Waals surface area contributed by atoms with Crippen molar-refractivity contribution in [1.82, 2.24) is 15.0 Å². The molecule has 1 aromatic rings. The van der Waals surface area contributed by atoms with Crippen molar-refractivity contribution in [2.24, 2.45) is 0 Å². The summed E-state index contributed by atoms with van der Waals surface area (Å²) in [5.41, 5.74) is 0. The van der Waals surface area contributed by atoms with Gasteiger partial charge in [-0.25, -0.2) is 15.0 Å². The van der Waals surface area contributed by atoms with Gasteiger partial charge in [0.05, 0.1) is 20.3 Å². The van der Waals surface area contributed by atoms with E-state index in [1.165, 1.54) is 0 Å². The van der Waals surface area contributed by atoms with Crippen LogP contribution in [-0.4, -0.2) is 29.0 Å². The maximum absolute atomic E-state index is 5.73. The lowest BCUT2D eigenvalue weighted by Crippen LogP contribution is -3.00. The molecule has 0 spiro atoms. The van der Waals surface area contributed by atoms with E-state index in [-0.39, 0.29) is 17.5 Å². The smallest absolute Gasteiger partial charge is 0.250 e. The lowest BCUT2D eigenvalue weighted by atomic mass is 10.5. The van der Waals surface area contributed by atoms with E-state index >= 15 is 0 Å². The van der Waals surface area contributed by atoms with Crippen LogP contribution in [0.15, 0.2) is 6.20 Å². The minimum atomic E-state index is -1.83. The Hall–Kier alpha value is 0.450. The molecule has 19 heavy (non-hydrogen) atoms. The second-order valence-electron chi connectivity index (χ2n) is 3.75. The van der Waals surface area contributed by atoms with Gasteiger partial charge in [-0.3, -0.25) is 0 Å². The minimum Gasteiger partial charge on any atom is -0.313 e. The number of hydrogen-bond acceptors (Lipinski definition) is 3. The van der Waals surface area contributed by atoms with Crippen molar-refractivity contribution in [3.8, 4) is 0 Å². The fourth-order valence-electron chi connectivity index (χ4n) is 0.962. The van der Waals surface area contributed by atoms with Crippen molar-refractivity contribution in [1.29, 1.82) is 0 Å². The molecule has 0 amide bonds. The molecule has 1 rings (SSSR count). The predicted molar refractivity (Wildman–Crippen MR) is 80.1 cm³/mol. The fourth-order valence-corrected chi connectivity index (χ4v) is 1.47. The maximum atomic E-state index is 5.73. The van der Waals surface area contributed by atoms with Crippen molar-refractivity contribution >= 4 is 75.7 Å². The molecule has 0 unspecified atom stereocenters. The molecule has 0 aromatic carbocycles. The molecule has 4 nitrogen and oxygen atoms in total. The van der Waals surface area contributed by atoms with Crippen LogP contribution < -0.4 is 4.90 Å². The fraction of sp³-hybridized carbons (Fsp3) is 0.444. The highest BCUT2D eigenvalue weighted by Gasteiger charge is 2.33. The first-order valence-corrected chi connectivity index (χ1v) is 7.15. The number of rotatable bonds is 2. The molecule has 1 aromatic heterocycles. The van der Waals surface area contributed by atoms with Crippen LogP contribution in [0.3, 0.4) is 0 Å². The van der Waals surface area contributed by atoms with E-state index in [0.717, 1.165) is 4.90 Å². The number of nitrogens with zero attached hydrogens (tertiary/aromatic N) is 3. The van der Waals surface area contributed by atoms with E-state index in [9.17, 15) is 0 Å². The maximum Gasteiger partial charge on any atom is 0.250 e. The second-order valence-corrected chi connectivity index (χ2v) is 8.31. The van der Waals surface area contributed by atoms with Crippen molar-refractivity contribution < 1.29 is 4.90 Å². The standard InChI is InChI=1S/C9H8Cl6N4/c1-19(2)4-3-5-16-6(8(10,11)12)18-7(17-5)9(13,14)15/h3-4H,1-2H3/p+1/b4-3+. The predicted octanol–water partition coefficient (Wildman–Crippen LogP) is 2.64. The molecule has 0 atom stereocenters. The van der Waals surface area contributed by atoms with Crippen LogP contribution in [0.5, 0.6) is 0 Å². The Balaban J connectivity index is 3.33. The van der Waals surface area contributed by atoms with Crippen molar-refractivity contribution in [2.75, 3.05) is 14.1 Å². The normalized spacial score (nSPS) is 13.5. The van der Waals surface area contributed by atoms with E-state index in [0.29, 0.717) is 0 Å². The third-order valence-corrected chi connectivity index (χ3v) is 2.74. The number of halogens is 6. The Kier molecular flexibility index (Phi) is 5.97. The van der Waals surface area contributed by atoms with Gasteiger partial charge in [-0.05, 0) is 0 Å². The highest BCUT2D eigenvalue weighted by molar-refractivity contribution is 6.67. The Morgan fingerprint density at radius 3 is 1.58 bits per heavy atom. The molecule has 1 heterocycles. The third-order valence-electron chi connectivity index (χ3n) is 1.73. The van der Waals surface area contributed by atoms with Gasteiger partial charge in [0.2, 0.25) is 7.59 Å². The number of hydrogen-bond donors (Lipinski definition) is 1. The first-order chi connectivity index (χ1) is 8.50. The first-order valence-electron chi connectivity index (χ1n) is 4.89. The van der Waals surface area contributed by atoms with Crippen LogP contribution in [0.1, 0.15) is 17.5 Å². The summed E-state index contributed by atoms with van der Waals surface area (Å²) in [6.07, 6.45) is 3.39. The van der Waals surface area contributed by atoms with Gasteiger partial charge in [-0.15, -0.1) is 0 Å². The highest BCUT2D eigenvalue weighted by atomic mass is 35.6. The van der Waals surface area contributed by atoms with Gasteiger partial charge in [0.25, 0.3) is 0 Å². The lowest BCUT2D eigenvalue weighted by Gasteiger charge is -2.14. The van der Waals surface area contributed by atoms with Crippen molar-refractivity contribution in [3.05, 3.63) is 23.7 Å².